The third kappa shape index (κ3) is 3.78. The van der Waals surface area contributed by atoms with Crippen molar-refractivity contribution in [3.8, 4) is 0 Å². The van der Waals surface area contributed by atoms with Gasteiger partial charge >= 0.3 is 0 Å². The van der Waals surface area contributed by atoms with Crippen molar-refractivity contribution in [2.24, 2.45) is 11.8 Å². The molecule has 0 nitrogen and oxygen atoms in total. The van der Waals surface area contributed by atoms with E-state index in [-0.39, 0.29) is 0 Å². The first-order valence-corrected chi connectivity index (χ1v) is 13.6. The van der Waals surface area contributed by atoms with Gasteiger partial charge in [-0.3, -0.25) is 0 Å². The highest BCUT2D eigenvalue weighted by Gasteiger charge is 2.36. The summed E-state index contributed by atoms with van der Waals surface area (Å²) in [7, 11) is -1.12. The molecule has 134 valence electrons. The standard InChI is InChI=1S/C25H30Si/c1-26(2,3)18-19-14-22-16-24(20-10-6-4-7-11-20)25(17-23(22)15-19)21-12-8-5-9-13-21/h4-13,18,22-23H,14-17H2,1-3H3/t22-,23+. The van der Waals surface area contributed by atoms with Crippen LogP contribution in [0.15, 0.2) is 71.9 Å². The summed E-state index contributed by atoms with van der Waals surface area (Å²) < 4.78 is 0. The normalized spacial score (nSPS) is 24.8. The Hall–Kier alpha value is -1.86. The lowest BCUT2D eigenvalue weighted by Crippen LogP contribution is -2.16. The first kappa shape index (κ1) is 17.5. The quantitative estimate of drug-likeness (QED) is 0.508. The third-order valence-electron chi connectivity index (χ3n) is 5.89. The van der Waals surface area contributed by atoms with Crippen LogP contribution in [0, 0.1) is 11.8 Å². The van der Waals surface area contributed by atoms with E-state index in [9.17, 15) is 0 Å². The van der Waals surface area contributed by atoms with Gasteiger partial charge in [-0.05, 0) is 59.8 Å². The molecule has 2 aromatic carbocycles. The molecule has 26 heavy (non-hydrogen) atoms. The monoisotopic (exact) mass is 358 g/mol. The van der Waals surface area contributed by atoms with Crippen molar-refractivity contribution in [3.05, 3.63) is 83.1 Å². The molecule has 2 aliphatic rings. The predicted octanol–water partition coefficient (Wildman–Crippen LogP) is 7.22. The highest BCUT2D eigenvalue weighted by atomic mass is 28.3. The fourth-order valence-electron chi connectivity index (χ4n) is 4.93. The van der Waals surface area contributed by atoms with E-state index in [4.69, 9.17) is 0 Å². The van der Waals surface area contributed by atoms with Crippen LogP contribution in [0.3, 0.4) is 0 Å². The van der Waals surface area contributed by atoms with Crippen molar-refractivity contribution < 1.29 is 0 Å². The summed E-state index contributed by atoms with van der Waals surface area (Å²) in [5.41, 5.74) is 10.5. The molecule has 2 aliphatic carbocycles. The summed E-state index contributed by atoms with van der Waals surface area (Å²) in [5, 5.41) is 0. The summed E-state index contributed by atoms with van der Waals surface area (Å²) in [5.74, 6) is 1.67. The number of hydrogen-bond donors (Lipinski definition) is 0. The first-order valence-electron chi connectivity index (χ1n) is 10.0. The molecule has 1 heteroatoms. The summed E-state index contributed by atoms with van der Waals surface area (Å²) in [6, 6.07) is 22.2. The second kappa shape index (κ2) is 7.04. The van der Waals surface area contributed by atoms with Gasteiger partial charge in [0.25, 0.3) is 0 Å². The molecule has 2 atom stereocenters. The van der Waals surface area contributed by atoms with Crippen molar-refractivity contribution in [3.63, 3.8) is 0 Å². The van der Waals surface area contributed by atoms with Crippen LogP contribution >= 0.6 is 0 Å². The molecule has 1 fully saturated rings. The Balaban J connectivity index is 1.71. The van der Waals surface area contributed by atoms with Crippen LogP contribution in [0.4, 0.5) is 0 Å². The van der Waals surface area contributed by atoms with Crippen molar-refractivity contribution >= 4 is 19.2 Å². The number of allylic oxidation sites excluding steroid dienone is 3. The number of benzene rings is 2. The maximum atomic E-state index is 2.68. The third-order valence-corrected chi connectivity index (χ3v) is 7.17. The number of fused-ring (bicyclic) bond motifs is 1. The molecule has 4 rings (SSSR count). The van der Waals surface area contributed by atoms with Gasteiger partial charge in [0.05, 0.1) is 8.07 Å². The van der Waals surface area contributed by atoms with E-state index in [1.807, 2.05) is 0 Å². The molecule has 1 saturated carbocycles. The van der Waals surface area contributed by atoms with Gasteiger partial charge in [-0.25, -0.2) is 0 Å². The molecule has 0 bridgehead atoms. The van der Waals surface area contributed by atoms with E-state index in [1.54, 1.807) is 16.7 Å². The Labute approximate surface area is 159 Å². The SMILES string of the molecule is C[Si](C)(C)C=C1C[C@@H]2CC(c3ccccc3)=C(c3ccccc3)C[C@@H]2C1. The maximum Gasteiger partial charge on any atom is 0.0686 e. The van der Waals surface area contributed by atoms with Crippen LogP contribution in [0.25, 0.3) is 11.1 Å². The lowest BCUT2D eigenvalue weighted by atomic mass is 9.74. The second-order valence-corrected chi connectivity index (χ2v) is 14.2. The molecule has 0 heterocycles. The van der Waals surface area contributed by atoms with Crippen molar-refractivity contribution in [2.75, 3.05) is 0 Å². The fourth-order valence-corrected chi connectivity index (χ4v) is 6.39. The van der Waals surface area contributed by atoms with Crippen LogP contribution in [0.1, 0.15) is 36.8 Å². The molecular formula is C25H30Si. The van der Waals surface area contributed by atoms with E-state index in [1.165, 1.54) is 36.8 Å². The van der Waals surface area contributed by atoms with Gasteiger partial charge in [0.15, 0.2) is 0 Å². The minimum atomic E-state index is -1.12. The Bertz CT molecular complexity index is 760. The van der Waals surface area contributed by atoms with Crippen molar-refractivity contribution in [2.45, 2.75) is 45.3 Å². The van der Waals surface area contributed by atoms with Gasteiger partial charge < -0.3 is 0 Å². The van der Waals surface area contributed by atoms with E-state index in [0.717, 1.165) is 11.8 Å². The van der Waals surface area contributed by atoms with Gasteiger partial charge in [-0.1, -0.05) is 91.6 Å². The van der Waals surface area contributed by atoms with Crippen LogP contribution in [-0.4, -0.2) is 8.07 Å². The Kier molecular flexibility index (Phi) is 4.75. The number of rotatable bonds is 3. The first-order chi connectivity index (χ1) is 12.5. The summed E-state index contributed by atoms with van der Waals surface area (Å²) in [6.07, 6.45) is 5.13. The molecule has 0 saturated heterocycles. The summed E-state index contributed by atoms with van der Waals surface area (Å²) in [6.45, 7) is 7.39. The highest BCUT2D eigenvalue weighted by Crippen LogP contribution is 2.51. The zero-order chi connectivity index (χ0) is 18.1. The minimum Gasteiger partial charge on any atom is -0.0958 e. The minimum absolute atomic E-state index is 0.834. The lowest BCUT2D eigenvalue weighted by molar-refractivity contribution is 0.392. The smallest absolute Gasteiger partial charge is 0.0686 e. The second-order valence-electron chi connectivity index (χ2n) is 9.19. The molecule has 2 aromatic rings. The topological polar surface area (TPSA) is 0 Å². The fraction of sp³-hybridized carbons (Fsp3) is 0.360. The predicted molar refractivity (Wildman–Crippen MR) is 117 cm³/mol. The Morgan fingerprint density at radius 1 is 0.654 bits per heavy atom. The van der Waals surface area contributed by atoms with Crippen LogP contribution < -0.4 is 0 Å². The molecule has 0 aromatic heterocycles. The summed E-state index contributed by atoms with van der Waals surface area (Å²) in [4.78, 5) is 0. The molecule has 0 spiro atoms. The van der Waals surface area contributed by atoms with E-state index in [2.05, 4.69) is 86.0 Å². The van der Waals surface area contributed by atoms with Crippen LogP contribution in [0.5, 0.6) is 0 Å². The van der Waals surface area contributed by atoms with Gasteiger partial charge in [0.2, 0.25) is 0 Å². The molecular weight excluding hydrogens is 328 g/mol. The average molecular weight is 359 g/mol. The van der Waals surface area contributed by atoms with Gasteiger partial charge in [-0.15, -0.1) is 0 Å². The average Bonchev–Trinajstić information content (AvgIpc) is 3.01. The van der Waals surface area contributed by atoms with Gasteiger partial charge in [-0.2, -0.15) is 0 Å². The van der Waals surface area contributed by atoms with Gasteiger partial charge in [0, 0.05) is 0 Å². The van der Waals surface area contributed by atoms with E-state index in [0.29, 0.717) is 0 Å². The van der Waals surface area contributed by atoms with E-state index >= 15 is 0 Å². The maximum absolute atomic E-state index is 2.68. The molecule has 0 N–H and O–H groups in total. The molecule has 0 amide bonds. The molecule has 0 aliphatic heterocycles. The van der Waals surface area contributed by atoms with Crippen LogP contribution in [0.2, 0.25) is 19.6 Å². The molecule has 0 unspecified atom stereocenters. The van der Waals surface area contributed by atoms with E-state index < -0.39 is 8.07 Å². The zero-order valence-corrected chi connectivity index (χ0v) is 17.3. The summed E-state index contributed by atoms with van der Waals surface area (Å²) >= 11 is 0. The number of hydrogen-bond acceptors (Lipinski definition) is 0. The van der Waals surface area contributed by atoms with Crippen molar-refractivity contribution in [1.29, 1.82) is 0 Å². The molecule has 0 radical (unpaired) electrons. The van der Waals surface area contributed by atoms with Gasteiger partial charge in [0.1, 0.15) is 0 Å². The largest absolute Gasteiger partial charge is 0.0958 e. The highest BCUT2D eigenvalue weighted by molar-refractivity contribution is 6.81. The van der Waals surface area contributed by atoms with Crippen molar-refractivity contribution in [1.82, 2.24) is 0 Å². The Morgan fingerprint density at radius 2 is 1.08 bits per heavy atom. The zero-order valence-electron chi connectivity index (χ0n) is 16.3. The lowest BCUT2D eigenvalue weighted by Gasteiger charge is -2.30. The Morgan fingerprint density at radius 3 is 1.46 bits per heavy atom. The van der Waals surface area contributed by atoms with Crippen LogP contribution in [-0.2, 0) is 0 Å².